The van der Waals surface area contributed by atoms with Gasteiger partial charge in [-0.15, -0.1) is 0 Å². The van der Waals surface area contributed by atoms with Gasteiger partial charge in [0, 0.05) is 24.7 Å². The van der Waals surface area contributed by atoms with E-state index in [9.17, 15) is 9.59 Å². The Kier molecular flexibility index (Phi) is 4.26. The molecule has 2 unspecified atom stereocenters. The van der Waals surface area contributed by atoms with E-state index >= 15 is 0 Å². The van der Waals surface area contributed by atoms with Crippen LogP contribution in [0.15, 0.2) is 36.5 Å². The first-order valence-corrected chi connectivity index (χ1v) is 9.24. The van der Waals surface area contributed by atoms with Crippen LogP contribution in [0.3, 0.4) is 0 Å². The molecule has 1 aliphatic heterocycles. The third-order valence-electron chi connectivity index (χ3n) is 5.45. The lowest BCUT2D eigenvalue weighted by Gasteiger charge is -2.18. The number of aryl methyl sites for hydroxylation is 1. The van der Waals surface area contributed by atoms with Crippen LogP contribution in [0.5, 0.6) is 0 Å². The van der Waals surface area contributed by atoms with Gasteiger partial charge in [-0.25, -0.2) is 4.68 Å². The highest BCUT2D eigenvalue weighted by molar-refractivity contribution is 6.03. The predicted octanol–water partition coefficient (Wildman–Crippen LogP) is 3.15. The minimum atomic E-state index is -0.344. The Morgan fingerprint density at radius 1 is 1.23 bits per heavy atom. The summed E-state index contributed by atoms with van der Waals surface area (Å²) in [5, 5.41) is 7.35. The molecule has 4 rings (SSSR count). The van der Waals surface area contributed by atoms with Gasteiger partial charge in [0.05, 0.1) is 18.2 Å². The Balaban J connectivity index is 1.44. The minimum absolute atomic E-state index is 0.00569. The first kappa shape index (κ1) is 16.8. The van der Waals surface area contributed by atoms with Crippen molar-refractivity contribution in [1.82, 2.24) is 9.78 Å². The molecule has 2 fully saturated rings. The molecule has 6 heteroatoms. The summed E-state index contributed by atoms with van der Waals surface area (Å²) in [6, 6.07) is 9.93. The summed E-state index contributed by atoms with van der Waals surface area (Å²) < 4.78 is 1.89. The van der Waals surface area contributed by atoms with Gasteiger partial charge in [-0.3, -0.25) is 9.59 Å². The topological polar surface area (TPSA) is 67.2 Å². The second kappa shape index (κ2) is 6.59. The number of hydrogen-bond donors (Lipinski definition) is 1. The van der Waals surface area contributed by atoms with Crippen molar-refractivity contribution < 1.29 is 9.59 Å². The number of benzene rings is 1. The number of carbonyl (C=O) groups excluding carboxylic acids is 2. The van der Waals surface area contributed by atoms with Gasteiger partial charge in [0.2, 0.25) is 11.8 Å². The lowest BCUT2D eigenvalue weighted by molar-refractivity contribution is -0.122. The van der Waals surface area contributed by atoms with E-state index in [0.717, 1.165) is 17.1 Å². The minimum Gasteiger partial charge on any atom is -0.312 e. The molecule has 1 saturated heterocycles. The van der Waals surface area contributed by atoms with Crippen molar-refractivity contribution in [3.63, 3.8) is 0 Å². The third kappa shape index (κ3) is 3.23. The average molecular weight is 352 g/mol. The fourth-order valence-electron chi connectivity index (χ4n) is 3.60. The molecule has 1 aliphatic carbocycles. The van der Waals surface area contributed by atoms with E-state index in [1.54, 1.807) is 11.1 Å². The monoisotopic (exact) mass is 352 g/mol. The van der Waals surface area contributed by atoms with E-state index in [-0.39, 0.29) is 30.2 Å². The van der Waals surface area contributed by atoms with Gasteiger partial charge in [-0.2, -0.15) is 5.10 Å². The zero-order chi connectivity index (χ0) is 18.3. The van der Waals surface area contributed by atoms with Gasteiger partial charge < -0.3 is 10.2 Å². The van der Waals surface area contributed by atoms with Crippen LogP contribution in [-0.4, -0.2) is 28.1 Å². The summed E-state index contributed by atoms with van der Waals surface area (Å²) in [6.07, 6.45) is 4.40. The molecule has 0 spiro atoms. The Labute approximate surface area is 153 Å². The van der Waals surface area contributed by atoms with Crippen LogP contribution in [0.2, 0.25) is 0 Å². The summed E-state index contributed by atoms with van der Waals surface area (Å²) >= 11 is 0. The van der Waals surface area contributed by atoms with Crippen molar-refractivity contribution in [2.75, 3.05) is 16.8 Å². The summed E-state index contributed by atoms with van der Waals surface area (Å²) in [4.78, 5) is 26.8. The molecule has 1 saturated carbocycles. The van der Waals surface area contributed by atoms with Crippen LogP contribution in [0, 0.1) is 18.8 Å². The Bertz CT molecular complexity index is 823. The number of carbonyl (C=O) groups is 2. The molecule has 2 aromatic rings. The van der Waals surface area contributed by atoms with E-state index in [1.807, 2.05) is 41.9 Å². The van der Waals surface area contributed by atoms with Crippen molar-refractivity contribution in [1.29, 1.82) is 0 Å². The summed E-state index contributed by atoms with van der Waals surface area (Å²) in [5.74, 6) is 0.904. The van der Waals surface area contributed by atoms with Crippen molar-refractivity contribution in [2.24, 2.45) is 11.8 Å². The van der Waals surface area contributed by atoms with Crippen molar-refractivity contribution >= 4 is 23.3 Å². The van der Waals surface area contributed by atoms with Crippen molar-refractivity contribution in [2.45, 2.75) is 39.2 Å². The number of hydrogen-bond acceptors (Lipinski definition) is 3. The van der Waals surface area contributed by atoms with Crippen molar-refractivity contribution in [3.05, 3.63) is 42.1 Å². The highest BCUT2D eigenvalue weighted by atomic mass is 16.2. The first-order valence-electron chi connectivity index (χ1n) is 9.24. The zero-order valence-electron chi connectivity index (χ0n) is 15.2. The van der Waals surface area contributed by atoms with Gasteiger partial charge in [0.1, 0.15) is 5.82 Å². The second-order valence-electron chi connectivity index (χ2n) is 7.47. The Hall–Kier alpha value is -2.63. The summed E-state index contributed by atoms with van der Waals surface area (Å²) in [6.45, 7) is 4.57. The predicted molar refractivity (Wildman–Crippen MR) is 99.9 cm³/mol. The molecule has 2 heterocycles. The second-order valence-corrected chi connectivity index (χ2v) is 7.47. The molecule has 6 nitrogen and oxygen atoms in total. The normalized spacial score (nSPS) is 21.1. The van der Waals surface area contributed by atoms with Gasteiger partial charge in [0.15, 0.2) is 0 Å². The van der Waals surface area contributed by atoms with Crippen LogP contribution < -0.4 is 10.2 Å². The molecule has 1 aromatic heterocycles. The van der Waals surface area contributed by atoms with Crippen molar-refractivity contribution in [3.8, 4) is 0 Å². The summed E-state index contributed by atoms with van der Waals surface area (Å²) in [7, 11) is 0. The van der Waals surface area contributed by atoms with E-state index in [4.69, 9.17) is 0 Å². The molecule has 2 aliphatic rings. The number of aromatic nitrogens is 2. The fourth-order valence-corrected chi connectivity index (χ4v) is 3.60. The molecule has 1 aromatic carbocycles. The number of amides is 2. The van der Waals surface area contributed by atoms with Gasteiger partial charge in [-0.1, -0.05) is 17.7 Å². The largest absolute Gasteiger partial charge is 0.312 e. The van der Waals surface area contributed by atoms with E-state index in [1.165, 1.54) is 12.8 Å². The van der Waals surface area contributed by atoms with Crippen LogP contribution in [0.1, 0.15) is 37.8 Å². The SMILES string of the molecule is Cc1ccc(N2CC(C(=O)Nc3ccnn3C(C)C3CC3)CC2=O)cc1. The lowest BCUT2D eigenvalue weighted by Crippen LogP contribution is -2.29. The maximum absolute atomic E-state index is 12.7. The molecule has 2 amide bonds. The molecule has 0 bridgehead atoms. The third-order valence-corrected chi connectivity index (χ3v) is 5.45. The highest BCUT2D eigenvalue weighted by Crippen LogP contribution is 2.40. The van der Waals surface area contributed by atoms with Gasteiger partial charge in [0.25, 0.3) is 0 Å². The number of rotatable bonds is 5. The maximum atomic E-state index is 12.7. The fraction of sp³-hybridized carbons (Fsp3) is 0.450. The first-order chi connectivity index (χ1) is 12.5. The number of anilines is 2. The number of nitrogens with zero attached hydrogens (tertiary/aromatic N) is 3. The average Bonchev–Trinajstić information content (AvgIpc) is 3.26. The molecular weight excluding hydrogens is 328 g/mol. The standard InChI is InChI=1S/C20H24N4O2/c1-13-3-7-17(8-4-13)23-12-16(11-19(23)25)20(26)22-18-9-10-21-24(18)14(2)15-5-6-15/h3-4,7-10,14-16H,5-6,11-12H2,1-2H3,(H,22,26). The quantitative estimate of drug-likeness (QED) is 0.899. The molecule has 1 N–H and O–H groups in total. The van der Waals surface area contributed by atoms with E-state index < -0.39 is 0 Å². The maximum Gasteiger partial charge on any atom is 0.230 e. The summed E-state index contributed by atoms with van der Waals surface area (Å²) in [5.41, 5.74) is 2.00. The Morgan fingerprint density at radius 3 is 2.65 bits per heavy atom. The van der Waals surface area contributed by atoms with Crippen LogP contribution in [0.4, 0.5) is 11.5 Å². The van der Waals surface area contributed by atoms with E-state index in [0.29, 0.717) is 12.5 Å². The lowest BCUT2D eigenvalue weighted by atomic mass is 10.1. The molecule has 0 radical (unpaired) electrons. The van der Waals surface area contributed by atoms with Crippen LogP contribution in [-0.2, 0) is 9.59 Å². The molecule has 2 atom stereocenters. The number of nitrogens with one attached hydrogen (secondary N) is 1. The highest BCUT2D eigenvalue weighted by Gasteiger charge is 2.36. The van der Waals surface area contributed by atoms with Crippen LogP contribution >= 0.6 is 0 Å². The zero-order valence-corrected chi connectivity index (χ0v) is 15.2. The molecule has 26 heavy (non-hydrogen) atoms. The molecule has 136 valence electrons. The van der Waals surface area contributed by atoms with E-state index in [2.05, 4.69) is 17.3 Å². The van der Waals surface area contributed by atoms with Gasteiger partial charge in [-0.05, 0) is 44.7 Å². The smallest absolute Gasteiger partial charge is 0.230 e. The van der Waals surface area contributed by atoms with Gasteiger partial charge >= 0.3 is 0 Å². The molecular formula is C20H24N4O2. The Morgan fingerprint density at radius 2 is 1.96 bits per heavy atom. The van der Waals surface area contributed by atoms with Crippen LogP contribution in [0.25, 0.3) is 0 Å².